The van der Waals surface area contributed by atoms with Gasteiger partial charge in [-0.3, -0.25) is 0 Å². The molecule has 2 aliphatic rings. The lowest BCUT2D eigenvalue weighted by Gasteiger charge is -2.35. The van der Waals surface area contributed by atoms with Gasteiger partial charge in [0.15, 0.2) is 0 Å². The number of rotatable bonds is 8. The molecule has 0 atom stereocenters. The Morgan fingerprint density at radius 3 is 1.36 bits per heavy atom. The lowest BCUT2D eigenvalue weighted by Crippen LogP contribution is -2.29. The van der Waals surface area contributed by atoms with Crippen LogP contribution >= 0.6 is 0 Å². The van der Waals surface area contributed by atoms with E-state index in [1.54, 1.807) is 0 Å². The number of hydrogen-bond acceptors (Lipinski definition) is 2. The van der Waals surface area contributed by atoms with E-state index in [4.69, 9.17) is 4.42 Å². The molecule has 0 unspecified atom stereocenters. The van der Waals surface area contributed by atoms with Gasteiger partial charge in [0.1, 0.15) is 11.2 Å². The summed E-state index contributed by atoms with van der Waals surface area (Å²) in [5.74, 6) is 0. The van der Waals surface area contributed by atoms with Crippen molar-refractivity contribution in [1.82, 2.24) is 0 Å². The summed E-state index contributed by atoms with van der Waals surface area (Å²) in [5.41, 5.74) is 21.1. The second-order valence-corrected chi connectivity index (χ2v) is 18.7. The lowest BCUT2D eigenvalue weighted by atomic mass is 9.67. The van der Waals surface area contributed by atoms with Crippen molar-refractivity contribution in [2.45, 2.75) is 10.8 Å². The van der Waals surface area contributed by atoms with Gasteiger partial charge < -0.3 is 9.32 Å². The minimum atomic E-state index is -0.559. The molecule has 0 radical (unpaired) electrons. The third kappa shape index (κ3) is 5.74. The van der Waals surface area contributed by atoms with Crippen molar-refractivity contribution in [2.24, 2.45) is 0 Å². The molecule has 0 saturated heterocycles. The predicted octanol–water partition coefficient (Wildman–Crippen LogP) is 17.4. The van der Waals surface area contributed by atoms with Gasteiger partial charge in [0.25, 0.3) is 0 Å². The lowest BCUT2D eigenvalue weighted by molar-refractivity contribution is 0.670. The zero-order chi connectivity index (χ0) is 46.2. The highest BCUT2D eigenvalue weighted by Crippen LogP contribution is 2.59. The maximum atomic E-state index is 6.66. The van der Waals surface area contributed by atoms with E-state index in [2.05, 4.69) is 272 Å². The highest BCUT2D eigenvalue weighted by molar-refractivity contribution is 6.09. The smallest absolute Gasteiger partial charge is 0.143 e. The minimum absolute atomic E-state index is 0.507. The van der Waals surface area contributed by atoms with Gasteiger partial charge in [-0.25, -0.2) is 0 Å². The van der Waals surface area contributed by atoms with E-state index in [-0.39, 0.29) is 0 Å². The van der Waals surface area contributed by atoms with Crippen LogP contribution in [0.5, 0.6) is 0 Å². The van der Waals surface area contributed by atoms with Crippen molar-refractivity contribution < 1.29 is 4.42 Å². The summed E-state index contributed by atoms with van der Waals surface area (Å²) in [4.78, 5) is 2.47. The summed E-state index contributed by atoms with van der Waals surface area (Å²) in [6.07, 6.45) is 0. The summed E-state index contributed by atoms with van der Waals surface area (Å²) in [5, 5.41) is 2.24. The van der Waals surface area contributed by atoms with Gasteiger partial charge >= 0.3 is 0 Å². The quantitative estimate of drug-likeness (QED) is 0.151. The zero-order valence-electron chi connectivity index (χ0n) is 38.3. The molecule has 0 bridgehead atoms. The van der Waals surface area contributed by atoms with Crippen molar-refractivity contribution >= 4 is 39.0 Å². The summed E-state index contributed by atoms with van der Waals surface area (Å²) >= 11 is 0. The van der Waals surface area contributed by atoms with E-state index in [1.807, 2.05) is 6.07 Å². The van der Waals surface area contributed by atoms with Crippen LogP contribution in [-0.4, -0.2) is 0 Å². The Morgan fingerprint density at radius 2 is 0.714 bits per heavy atom. The van der Waals surface area contributed by atoms with Crippen LogP contribution in [0.1, 0.15) is 44.5 Å². The largest absolute Gasteiger partial charge is 0.455 e. The average Bonchev–Trinajstić information content (AvgIpc) is 4.08. The van der Waals surface area contributed by atoms with Crippen molar-refractivity contribution in [3.63, 3.8) is 0 Å². The Labute approximate surface area is 408 Å². The number of fused-ring (bicyclic) bond motifs is 9. The minimum Gasteiger partial charge on any atom is -0.455 e. The second-order valence-electron chi connectivity index (χ2n) is 18.7. The number of para-hydroxylation sites is 2. The molecule has 12 aromatic rings. The number of hydrogen-bond donors (Lipinski definition) is 0. The van der Waals surface area contributed by atoms with Crippen LogP contribution in [0.4, 0.5) is 17.1 Å². The Kier molecular flexibility index (Phi) is 9.06. The van der Waals surface area contributed by atoms with E-state index in [0.717, 1.165) is 50.1 Å². The molecule has 2 nitrogen and oxygen atoms in total. The Balaban J connectivity index is 1.03. The van der Waals surface area contributed by atoms with Gasteiger partial charge in [-0.2, -0.15) is 0 Å². The van der Waals surface area contributed by atoms with E-state index in [1.165, 1.54) is 66.8 Å². The Bertz CT molecular complexity index is 3870. The topological polar surface area (TPSA) is 16.4 Å². The molecule has 0 N–H and O–H groups in total. The Morgan fingerprint density at radius 1 is 0.271 bits per heavy atom. The van der Waals surface area contributed by atoms with E-state index in [0.29, 0.717) is 0 Å². The van der Waals surface area contributed by atoms with Gasteiger partial charge in [-0.1, -0.05) is 231 Å². The predicted molar refractivity (Wildman–Crippen MR) is 288 cm³/mol. The average molecular weight is 892 g/mol. The third-order valence-corrected chi connectivity index (χ3v) is 15.2. The number of furan rings is 1. The van der Waals surface area contributed by atoms with Crippen LogP contribution < -0.4 is 4.90 Å². The van der Waals surface area contributed by atoms with E-state index < -0.39 is 10.8 Å². The van der Waals surface area contributed by atoms with Crippen molar-refractivity contribution in [1.29, 1.82) is 0 Å². The molecule has 2 heteroatoms. The number of nitrogens with zero attached hydrogens (tertiary/aromatic N) is 1. The van der Waals surface area contributed by atoms with Crippen LogP contribution in [0.3, 0.4) is 0 Å². The van der Waals surface area contributed by atoms with Gasteiger partial charge in [0, 0.05) is 33.4 Å². The molecule has 0 aliphatic heterocycles. The van der Waals surface area contributed by atoms with Crippen molar-refractivity contribution in [2.75, 3.05) is 4.90 Å². The van der Waals surface area contributed by atoms with E-state index in [9.17, 15) is 0 Å². The fraction of sp³-hybridized carbons (Fsp3) is 0.0294. The first kappa shape index (κ1) is 40.1. The van der Waals surface area contributed by atoms with Crippen LogP contribution in [-0.2, 0) is 10.8 Å². The van der Waals surface area contributed by atoms with Crippen LogP contribution in [0, 0.1) is 0 Å². The normalized spacial score (nSPS) is 13.7. The second kappa shape index (κ2) is 15.8. The molecule has 2 aliphatic carbocycles. The summed E-state index contributed by atoms with van der Waals surface area (Å²) in [7, 11) is 0. The van der Waals surface area contributed by atoms with Crippen LogP contribution in [0.2, 0.25) is 0 Å². The molecule has 0 fully saturated rings. The molecule has 14 rings (SSSR count). The maximum Gasteiger partial charge on any atom is 0.143 e. The van der Waals surface area contributed by atoms with Crippen molar-refractivity contribution in [3.8, 4) is 33.4 Å². The maximum absolute atomic E-state index is 6.66. The number of benzene rings is 11. The van der Waals surface area contributed by atoms with Gasteiger partial charge in [0.05, 0.1) is 10.8 Å². The molecule has 1 heterocycles. The number of anilines is 3. The molecular formula is C68H45NO. The highest BCUT2D eigenvalue weighted by atomic mass is 16.3. The fourth-order valence-electron chi connectivity index (χ4n) is 12.4. The molecule has 1 aromatic heterocycles. The summed E-state index contributed by atoms with van der Waals surface area (Å²) in [6.45, 7) is 0. The van der Waals surface area contributed by atoms with Gasteiger partial charge in [-0.15, -0.1) is 0 Å². The molecular weight excluding hydrogens is 847 g/mol. The standard InChI is InChI=1S/C68H45NO/c1-5-22-47(23-6-1)67(48-24-7-2-8-25-48)62-37-17-14-32-56(62)60-44-52(40-42-63(60)67)69(51-30-19-21-46(43-51)54-34-20-35-59-58-33-15-18-38-65(58)70-66(54)59)53-39-41-57-55-31-13-16-36-61(55)68(64(57)45-53,49-26-9-3-10-27-49)50-28-11-4-12-29-50/h1-45H. The first-order valence-electron chi connectivity index (χ1n) is 24.2. The molecule has 11 aromatic carbocycles. The van der Waals surface area contributed by atoms with Gasteiger partial charge in [-0.05, 0) is 115 Å². The first-order chi connectivity index (χ1) is 34.7. The highest BCUT2D eigenvalue weighted by Gasteiger charge is 2.48. The van der Waals surface area contributed by atoms with Crippen molar-refractivity contribution in [3.05, 3.63) is 317 Å². The SMILES string of the molecule is c1ccc(C2(c3ccccc3)c3ccccc3-c3cc(N(c4cccc(-c5cccc6c5oc5ccccc56)c4)c4ccc5c(c4)C(c4ccccc4)(c4ccccc4)c4ccccc4-5)ccc32)cc1. The van der Waals surface area contributed by atoms with Gasteiger partial charge in [0.2, 0.25) is 0 Å². The fourth-order valence-corrected chi connectivity index (χ4v) is 12.4. The molecule has 70 heavy (non-hydrogen) atoms. The molecule has 0 spiro atoms. The molecule has 328 valence electrons. The summed E-state index contributed by atoms with van der Waals surface area (Å²) in [6, 6.07) is 100. The van der Waals surface area contributed by atoms with E-state index >= 15 is 0 Å². The van der Waals surface area contributed by atoms with Crippen LogP contribution in [0.15, 0.2) is 277 Å². The summed E-state index contributed by atoms with van der Waals surface area (Å²) < 4.78 is 6.66. The third-order valence-electron chi connectivity index (χ3n) is 15.2. The monoisotopic (exact) mass is 891 g/mol. The zero-order valence-corrected chi connectivity index (χ0v) is 38.3. The van der Waals surface area contributed by atoms with Crippen LogP contribution in [0.25, 0.3) is 55.3 Å². The molecule has 0 saturated carbocycles. The Hall–Kier alpha value is -8.98. The first-order valence-corrected chi connectivity index (χ1v) is 24.2. The molecule has 0 amide bonds.